The summed E-state index contributed by atoms with van der Waals surface area (Å²) in [6.07, 6.45) is 0.992. The van der Waals surface area contributed by atoms with Crippen LogP contribution in [0.4, 0.5) is 0 Å². The summed E-state index contributed by atoms with van der Waals surface area (Å²) in [6.45, 7) is 0.234. The Morgan fingerprint density at radius 3 is 2.42 bits per heavy atom. The number of hydrogen-bond donors (Lipinski definition) is 1. The van der Waals surface area contributed by atoms with Crippen LogP contribution in [0.25, 0.3) is 0 Å². The van der Waals surface area contributed by atoms with Crippen molar-refractivity contribution in [2.24, 2.45) is 5.73 Å². The molecule has 0 saturated carbocycles. The van der Waals surface area contributed by atoms with Crippen LogP contribution in [0, 0.1) is 0 Å². The number of primary amides is 1. The molecule has 1 fully saturated rings. The molecule has 1 unspecified atom stereocenters. The average Bonchev–Trinajstić information content (AvgIpc) is 2.77. The average molecular weight is 323 g/mol. The molecule has 104 valence electrons. The van der Waals surface area contributed by atoms with Gasteiger partial charge < -0.3 is 5.73 Å². The molecule has 19 heavy (non-hydrogen) atoms. The van der Waals surface area contributed by atoms with Gasteiger partial charge in [-0.1, -0.05) is 29.3 Å². The lowest BCUT2D eigenvalue weighted by molar-refractivity contribution is -0.121. The zero-order chi connectivity index (χ0) is 14.2. The van der Waals surface area contributed by atoms with Crippen LogP contribution < -0.4 is 5.73 Å². The maximum Gasteiger partial charge on any atom is 0.246 e. The maximum atomic E-state index is 12.5. The first-order valence-electron chi connectivity index (χ1n) is 5.61. The minimum absolute atomic E-state index is 0.0302. The van der Waals surface area contributed by atoms with Gasteiger partial charge in [-0.25, -0.2) is 8.42 Å². The van der Waals surface area contributed by atoms with E-state index >= 15 is 0 Å². The number of nitrogens with two attached hydrogens (primary N) is 1. The summed E-state index contributed by atoms with van der Waals surface area (Å²) in [7, 11) is -3.93. The van der Waals surface area contributed by atoms with Crippen molar-refractivity contribution in [1.82, 2.24) is 4.31 Å². The predicted molar refractivity (Wildman–Crippen MR) is 72.6 cm³/mol. The van der Waals surface area contributed by atoms with Gasteiger partial charge in [0.15, 0.2) is 0 Å². The fraction of sp³-hybridized carbons (Fsp3) is 0.364. The van der Waals surface area contributed by atoms with Gasteiger partial charge in [-0.2, -0.15) is 4.31 Å². The Balaban J connectivity index is 2.51. The Labute approximate surface area is 121 Å². The molecule has 0 radical (unpaired) electrons. The van der Waals surface area contributed by atoms with E-state index in [-0.39, 0.29) is 21.5 Å². The van der Waals surface area contributed by atoms with Gasteiger partial charge in [-0.05, 0) is 25.0 Å². The Hall–Kier alpha value is -0.820. The summed E-state index contributed by atoms with van der Waals surface area (Å²) >= 11 is 11.8. The molecule has 1 saturated heterocycles. The molecule has 0 bridgehead atoms. The summed E-state index contributed by atoms with van der Waals surface area (Å²) < 4.78 is 26.2. The van der Waals surface area contributed by atoms with E-state index in [2.05, 4.69) is 0 Å². The van der Waals surface area contributed by atoms with E-state index in [1.807, 2.05) is 0 Å². The van der Waals surface area contributed by atoms with Crippen LogP contribution in [0.3, 0.4) is 0 Å². The van der Waals surface area contributed by atoms with E-state index < -0.39 is 22.0 Å². The van der Waals surface area contributed by atoms with Crippen molar-refractivity contribution in [1.29, 1.82) is 0 Å². The molecule has 0 aromatic heterocycles. The highest BCUT2D eigenvalue weighted by Gasteiger charge is 2.40. The van der Waals surface area contributed by atoms with Crippen molar-refractivity contribution < 1.29 is 13.2 Å². The largest absolute Gasteiger partial charge is 0.368 e. The zero-order valence-electron chi connectivity index (χ0n) is 9.84. The number of benzene rings is 1. The third kappa shape index (κ3) is 2.58. The molecule has 8 heteroatoms. The summed E-state index contributed by atoms with van der Waals surface area (Å²) in [5.41, 5.74) is 5.23. The Morgan fingerprint density at radius 2 is 1.89 bits per heavy atom. The minimum Gasteiger partial charge on any atom is -0.368 e. The monoisotopic (exact) mass is 322 g/mol. The second kappa shape index (κ2) is 5.28. The highest BCUT2D eigenvalue weighted by atomic mass is 35.5. The molecule has 1 aromatic rings. The van der Waals surface area contributed by atoms with Crippen LogP contribution in [0.1, 0.15) is 12.8 Å². The van der Waals surface area contributed by atoms with Gasteiger partial charge in [0.1, 0.15) is 10.9 Å². The quantitative estimate of drug-likeness (QED) is 0.918. The van der Waals surface area contributed by atoms with Gasteiger partial charge in [-0.3, -0.25) is 4.79 Å². The van der Waals surface area contributed by atoms with Crippen LogP contribution in [0.2, 0.25) is 10.0 Å². The van der Waals surface area contributed by atoms with Crippen LogP contribution in [-0.4, -0.2) is 31.2 Å². The van der Waals surface area contributed by atoms with Crippen LogP contribution in [0.5, 0.6) is 0 Å². The minimum atomic E-state index is -3.93. The first-order chi connectivity index (χ1) is 8.85. The molecular weight excluding hydrogens is 311 g/mol. The van der Waals surface area contributed by atoms with Crippen LogP contribution in [0.15, 0.2) is 23.1 Å². The first kappa shape index (κ1) is 14.6. The van der Waals surface area contributed by atoms with Crippen molar-refractivity contribution in [2.45, 2.75) is 23.8 Å². The lowest BCUT2D eigenvalue weighted by Crippen LogP contribution is -2.43. The molecule has 1 atom stereocenters. The van der Waals surface area contributed by atoms with E-state index in [0.717, 1.165) is 4.31 Å². The first-order valence-corrected chi connectivity index (χ1v) is 7.80. The Bertz CT molecular complexity index is 598. The van der Waals surface area contributed by atoms with Gasteiger partial charge in [0.05, 0.1) is 10.0 Å². The lowest BCUT2D eigenvalue weighted by atomic mass is 10.2. The second-order valence-electron chi connectivity index (χ2n) is 4.23. The van der Waals surface area contributed by atoms with E-state index in [9.17, 15) is 13.2 Å². The number of nitrogens with zero attached hydrogens (tertiary/aromatic N) is 1. The summed E-state index contributed by atoms with van der Waals surface area (Å²) in [4.78, 5) is 11.1. The molecule has 1 heterocycles. The molecule has 1 amide bonds. The number of rotatable bonds is 3. The van der Waals surface area contributed by atoms with Crippen LogP contribution in [-0.2, 0) is 14.8 Å². The lowest BCUT2D eigenvalue weighted by Gasteiger charge is -2.22. The Morgan fingerprint density at radius 1 is 1.32 bits per heavy atom. The normalized spacial score (nSPS) is 20.6. The van der Waals surface area contributed by atoms with Gasteiger partial charge in [0.2, 0.25) is 15.9 Å². The number of carbonyl (C=O) groups is 1. The summed E-state index contributed by atoms with van der Waals surface area (Å²) in [6, 6.07) is 3.60. The van der Waals surface area contributed by atoms with Crippen molar-refractivity contribution in [3.8, 4) is 0 Å². The van der Waals surface area contributed by atoms with E-state index in [0.29, 0.717) is 12.8 Å². The number of halogens is 2. The third-order valence-corrected chi connectivity index (χ3v) is 5.88. The molecule has 0 aliphatic carbocycles. The number of carbonyl (C=O) groups excluding carboxylic acids is 1. The standard InChI is InChI=1S/C11H12Cl2N2O3S/c12-7-3-1-4-8(13)10(7)19(17,18)15-6-2-5-9(15)11(14)16/h1,3-4,9H,2,5-6H2,(H2,14,16). The van der Waals surface area contributed by atoms with Crippen molar-refractivity contribution in [2.75, 3.05) is 6.54 Å². The third-order valence-electron chi connectivity index (χ3n) is 3.02. The fourth-order valence-electron chi connectivity index (χ4n) is 2.16. The summed E-state index contributed by atoms with van der Waals surface area (Å²) in [5.74, 6) is -0.663. The van der Waals surface area contributed by atoms with E-state index in [1.165, 1.54) is 12.1 Å². The predicted octanol–water partition coefficient (Wildman–Crippen LogP) is 1.63. The van der Waals surface area contributed by atoms with Gasteiger partial charge in [-0.15, -0.1) is 0 Å². The van der Waals surface area contributed by atoms with E-state index in [4.69, 9.17) is 28.9 Å². The van der Waals surface area contributed by atoms with Gasteiger partial charge in [0.25, 0.3) is 0 Å². The smallest absolute Gasteiger partial charge is 0.246 e. The zero-order valence-corrected chi connectivity index (χ0v) is 12.2. The SMILES string of the molecule is NC(=O)C1CCCN1S(=O)(=O)c1c(Cl)cccc1Cl. The molecule has 1 aliphatic heterocycles. The molecule has 5 nitrogen and oxygen atoms in total. The van der Waals surface area contributed by atoms with Gasteiger partial charge in [0, 0.05) is 6.54 Å². The molecule has 1 aromatic carbocycles. The van der Waals surface area contributed by atoms with Crippen molar-refractivity contribution >= 4 is 39.1 Å². The van der Waals surface area contributed by atoms with Crippen LogP contribution >= 0.6 is 23.2 Å². The molecule has 0 spiro atoms. The fourth-order valence-corrected chi connectivity index (χ4v) is 4.92. The van der Waals surface area contributed by atoms with Gasteiger partial charge >= 0.3 is 0 Å². The maximum absolute atomic E-state index is 12.5. The molecule has 2 rings (SSSR count). The van der Waals surface area contributed by atoms with E-state index in [1.54, 1.807) is 6.07 Å². The highest BCUT2D eigenvalue weighted by molar-refractivity contribution is 7.89. The number of amides is 1. The topological polar surface area (TPSA) is 80.5 Å². The second-order valence-corrected chi connectivity index (χ2v) is 6.87. The Kier molecular flexibility index (Phi) is 4.06. The number of sulfonamides is 1. The highest BCUT2D eigenvalue weighted by Crippen LogP contribution is 2.34. The van der Waals surface area contributed by atoms with Crippen molar-refractivity contribution in [3.05, 3.63) is 28.2 Å². The molecular formula is C11H12Cl2N2O3S. The van der Waals surface area contributed by atoms with Crippen molar-refractivity contribution in [3.63, 3.8) is 0 Å². The number of hydrogen-bond acceptors (Lipinski definition) is 3. The molecule has 1 aliphatic rings. The summed E-state index contributed by atoms with van der Waals surface area (Å²) in [5, 5.41) is 0.0604. The molecule has 2 N–H and O–H groups in total.